The minimum absolute atomic E-state index is 0.102. The summed E-state index contributed by atoms with van der Waals surface area (Å²) in [7, 11) is 0. The van der Waals surface area contributed by atoms with Gasteiger partial charge in [-0.2, -0.15) is 24.9 Å². The zero-order valence-corrected chi connectivity index (χ0v) is 13.1. The maximum Gasteiger partial charge on any atom is 0.391 e. The van der Waals surface area contributed by atoms with Crippen molar-refractivity contribution in [2.24, 2.45) is 17.6 Å². The van der Waals surface area contributed by atoms with Crippen molar-refractivity contribution in [2.45, 2.75) is 62.3 Å². The molecule has 0 aromatic heterocycles. The van der Waals surface area contributed by atoms with Crippen molar-refractivity contribution in [1.82, 2.24) is 0 Å². The van der Waals surface area contributed by atoms with Crippen LogP contribution in [0.1, 0.15) is 44.9 Å². The number of hydrogen-bond acceptors (Lipinski definition) is 3. The fourth-order valence-corrected chi connectivity index (χ4v) is 5.75. The molecule has 122 valence electrons. The predicted molar refractivity (Wildman–Crippen MR) is 78.3 cm³/mol. The van der Waals surface area contributed by atoms with Crippen LogP contribution in [0.4, 0.5) is 13.2 Å². The Morgan fingerprint density at radius 1 is 1.14 bits per heavy atom. The molecule has 21 heavy (non-hydrogen) atoms. The molecule has 0 aromatic carbocycles. The van der Waals surface area contributed by atoms with Crippen LogP contribution in [-0.4, -0.2) is 35.4 Å². The summed E-state index contributed by atoms with van der Waals surface area (Å²) in [5, 5.41) is 0. The largest absolute Gasteiger partial charge is 0.391 e. The van der Waals surface area contributed by atoms with Gasteiger partial charge in [-0.15, -0.1) is 0 Å². The van der Waals surface area contributed by atoms with E-state index in [0.717, 1.165) is 37.2 Å². The Morgan fingerprint density at radius 2 is 1.95 bits per heavy atom. The first-order chi connectivity index (χ1) is 9.83. The van der Waals surface area contributed by atoms with Crippen molar-refractivity contribution >= 4 is 11.8 Å². The van der Waals surface area contributed by atoms with Gasteiger partial charge in [0, 0.05) is 17.9 Å². The molecule has 2 aliphatic heterocycles. The van der Waals surface area contributed by atoms with Crippen LogP contribution in [0.5, 0.6) is 0 Å². The highest BCUT2D eigenvalue weighted by atomic mass is 32.2. The van der Waals surface area contributed by atoms with Gasteiger partial charge in [0.15, 0.2) is 0 Å². The van der Waals surface area contributed by atoms with E-state index in [-0.39, 0.29) is 24.4 Å². The monoisotopic (exact) mass is 323 g/mol. The SMILES string of the molecule is NC1(C2CCOC3(CCSC3)C2)CCCC(C(F)(F)F)C1. The van der Waals surface area contributed by atoms with E-state index in [9.17, 15) is 13.2 Å². The summed E-state index contributed by atoms with van der Waals surface area (Å²) >= 11 is 1.89. The Balaban J connectivity index is 1.72. The molecule has 2 nitrogen and oxygen atoms in total. The van der Waals surface area contributed by atoms with E-state index in [4.69, 9.17) is 10.5 Å². The van der Waals surface area contributed by atoms with Gasteiger partial charge < -0.3 is 10.5 Å². The number of alkyl halides is 3. The molecule has 6 heteroatoms. The zero-order valence-electron chi connectivity index (χ0n) is 12.3. The quantitative estimate of drug-likeness (QED) is 0.798. The first-order valence-electron chi connectivity index (χ1n) is 7.90. The maximum atomic E-state index is 13.1. The third kappa shape index (κ3) is 3.22. The van der Waals surface area contributed by atoms with Gasteiger partial charge in [-0.05, 0) is 50.2 Å². The molecular formula is C15H24F3NOS. The summed E-state index contributed by atoms with van der Waals surface area (Å²) in [6.07, 6.45) is 0.253. The van der Waals surface area contributed by atoms with Crippen molar-refractivity contribution in [1.29, 1.82) is 0 Å². The van der Waals surface area contributed by atoms with Crippen LogP contribution < -0.4 is 5.73 Å². The maximum absolute atomic E-state index is 13.1. The Hall–Kier alpha value is 0.0600. The number of rotatable bonds is 1. The molecule has 2 heterocycles. The highest BCUT2D eigenvalue weighted by molar-refractivity contribution is 7.99. The molecule has 4 unspecified atom stereocenters. The molecule has 3 fully saturated rings. The molecule has 2 saturated heterocycles. The van der Waals surface area contributed by atoms with E-state index in [1.165, 1.54) is 0 Å². The van der Waals surface area contributed by atoms with Crippen LogP contribution in [0, 0.1) is 11.8 Å². The van der Waals surface area contributed by atoms with Crippen molar-refractivity contribution in [2.75, 3.05) is 18.1 Å². The van der Waals surface area contributed by atoms with Crippen molar-refractivity contribution in [3.05, 3.63) is 0 Å². The minimum Gasteiger partial charge on any atom is -0.374 e. The number of thioether (sulfide) groups is 1. The van der Waals surface area contributed by atoms with Gasteiger partial charge in [0.2, 0.25) is 0 Å². The molecule has 2 N–H and O–H groups in total. The molecular weight excluding hydrogens is 299 g/mol. The van der Waals surface area contributed by atoms with Crippen LogP contribution in [0.3, 0.4) is 0 Å². The predicted octanol–water partition coefficient (Wildman–Crippen LogP) is 3.74. The van der Waals surface area contributed by atoms with Gasteiger partial charge in [0.25, 0.3) is 0 Å². The summed E-state index contributed by atoms with van der Waals surface area (Å²) in [5.74, 6) is 1.03. The van der Waals surface area contributed by atoms with Gasteiger partial charge in [0.05, 0.1) is 11.5 Å². The Bertz CT molecular complexity index is 384. The lowest BCUT2D eigenvalue weighted by Crippen LogP contribution is -2.56. The first kappa shape index (κ1) is 15.9. The van der Waals surface area contributed by atoms with Crippen molar-refractivity contribution < 1.29 is 17.9 Å². The van der Waals surface area contributed by atoms with E-state index in [2.05, 4.69) is 0 Å². The van der Waals surface area contributed by atoms with Gasteiger partial charge >= 0.3 is 6.18 Å². The van der Waals surface area contributed by atoms with Crippen LogP contribution in [0.25, 0.3) is 0 Å². The van der Waals surface area contributed by atoms with Crippen LogP contribution in [-0.2, 0) is 4.74 Å². The number of halogens is 3. The van der Waals surface area contributed by atoms with E-state index >= 15 is 0 Å². The summed E-state index contributed by atoms with van der Waals surface area (Å²) in [5.41, 5.74) is 5.75. The number of ether oxygens (including phenoxy) is 1. The second-order valence-electron chi connectivity index (χ2n) is 7.09. The molecule has 1 spiro atoms. The second kappa shape index (κ2) is 5.60. The summed E-state index contributed by atoms with van der Waals surface area (Å²) in [6, 6.07) is 0. The van der Waals surface area contributed by atoms with Crippen molar-refractivity contribution in [3.8, 4) is 0 Å². The van der Waals surface area contributed by atoms with Gasteiger partial charge in [0.1, 0.15) is 0 Å². The standard InChI is InChI=1S/C15H24F3NOS/c16-15(17,18)12-2-1-4-14(19,9-12)11-3-6-20-13(8-11)5-7-21-10-13/h11-12H,1-10,19H2. The molecule has 3 rings (SSSR count). The molecule has 1 aliphatic carbocycles. The van der Waals surface area contributed by atoms with Crippen LogP contribution in [0.2, 0.25) is 0 Å². The Labute approximate surface area is 128 Å². The number of hydrogen-bond donors (Lipinski definition) is 1. The van der Waals surface area contributed by atoms with Crippen molar-refractivity contribution in [3.63, 3.8) is 0 Å². The average Bonchev–Trinajstić information content (AvgIpc) is 2.86. The summed E-state index contributed by atoms with van der Waals surface area (Å²) in [6.45, 7) is 0.654. The molecule has 0 radical (unpaired) electrons. The fourth-order valence-electron chi connectivity index (χ4n) is 4.37. The van der Waals surface area contributed by atoms with Gasteiger partial charge in [-0.3, -0.25) is 0 Å². The van der Waals surface area contributed by atoms with E-state index in [0.29, 0.717) is 13.0 Å². The fraction of sp³-hybridized carbons (Fsp3) is 1.00. The summed E-state index contributed by atoms with van der Waals surface area (Å²) in [4.78, 5) is 0. The average molecular weight is 323 g/mol. The minimum atomic E-state index is -4.10. The van der Waals surface area contributed by atoms with Gasteiger partial charge in [-0.25, -0.2) is 0 Å². The normalized spacial score (nSPS) is 45.1. The van der Waals surface area contributed by atoms with E-state index in [1.807, 2.05) is 11.8 Å². The van der Waals surface area contributed by atoms with E-state index < -0.39 is 17.6 Å². The molecule has 0 aromatic rings. The van der Waals surface area contributed by atoms with Gasteiger partial charge in [-0.1, -0.05) is 6.42 Å². The van der Waals surface area contributed by atoms with E-state index in [1.54, 1.807) is 0 Å². The molecule has 0 bridgehead atoms. The zero-order chi connectivity index (χ0) is 15.1. The second-order valence-corrected chi connectivity index (χ2v) is 8.20. The lowest BCUT2D eigenvalue weighted by Gasteiger charge is -2.49. The Morgan fingerprint density at radius 3 is 2.62 bits per heavy atom. The van der Waals surface area contributed by atoms with Crippen LogP contribution >= 0.6 is 11.8 Å². The summed E-state index contributed by atoms with van der Waals surface area (Å²) < 4.78 is 45.2. The molecule has 1 saturated carbocycles. The third-order valence-corrected chi connectivity index (χ3v) is 6.88. The molecule has 3 aliphatic rings. The third-order valence-electron chi connectivity index (χ3n) is 5.66. The van der Waals surface area contributed by atoms with Crippen LogP contribution in [0.15, 0.2) is 0 Å². The highest BCUT2D eigenvalue weighted by Crippen LogP contribution is 2.49. The lowest BCUT2D eigenvalue weighted by atomic mass is 9.65. The molecule has 0 amide bonds. The number of nitrogens with two attached hydrogens (primary N) is 1. The molecule has 4 atom stereocenters. The first-order valence-corrected chi connectivity index (χ1v) is 9.06. The Kier molecular flexibility index (Phi) is 4.25. The lowest BCUT2D eigenvalue weighted by molar-refractivity contribution is -0.192. The topological polar surface area (TPSA) is 35.2 Å². The smallest absolute Gasteiger partial charge is 0.374 e. The highest BCUT2D eigenvalue weighted by Gasteiger charge is 2.52.